The number of hydrogen-bond donors (Lipinski definition) is 2. The minimum absolute atomic E-state index is 0.126. The molecule has 0 aliphatic rings. The van der Waals surface area contributed by atoms with E-state index in [0.717, 1.165) is 21.7 Å². The standard InChI is InChI=1S/C15H16N2O2S/c1-9-6-11(7-10(2)14(9)18)4-5-13-17-8-12(20-13)15(19)16-3/h4-8,18H,1-3H3,(H,16,19)/b5-4+. The molecule has 1 amide bonds. The summed E-state index contributed by atoms with van der Waals surface area (Å²) in [5, 5.41) is 13.1. The Balaban J connectivity index is 2.21. The Morgan fingerprint density at radius 3 is 2.55 bits per heavy atom. The van der Waals surface area contributed by atoms with Gasteiger partial charge in [-0.3, -0.25) is 4.79 Å². The molecule has 2 rings (SSSR count). The fourth-order valence-electron chi connectivity index (χ4n) is 1.85. The van der Waals surface area contributed by atoms with Gasteiger partial charge in [0, 0.05) is 7.05 Å². The quantitative estimate of drug-likeness (QED) is 0.912. The van der Waals surface area contributed by atoms with Gasteiger partial charge in [0.25, 0.3) is 5.91 Å². The van der Waals surface area contributed by atoms with Gasteiger partial charge in [0.05, 0.1) is 6.20 Å². The fraction of sp³-hybridized carbons (Fsp3) is 0.200. The number of carbonyl (C=O) groups excluding carboxylic acids is 1. The number of carbonyl (C=O) groups is 1. The largest absolute Gasteiger partial charge is 0.507 e. The summed E-state index contributed by atoms with van der Waals surface area (Å²) in [7, 11) is 1.60. The van der Waals surface area contributed by atoms with Crippen LogP contribution in [0.4, 0.5) is 0 Å². The van der Waals surface area contributed by atoms with Gasteiger partial charge < -0.3 is 10.4 Å². The summed E-state index contributed by atoms with van der Waals surface area (Å²) in [6.07, 6.45) is 5.35. The first kappa shape index (κ1) is 14.3. The van der Waals surface area contributed by atoms with Crippen LogP contribution in [0, 0.1) is 13.8 Å². The number of nitrogens with one attached hydrogen (secondary N) is 1. The van der Waals surface area contributed by atoms with E-state index < -0.39 is 0 Å². The minimum Gasteiger partial charge on any atom is -0.507 e. The number of aromatic nitrogens is 1. The number of nitrogens with zero attached hydrogens (tertiary/aromatic N) is 1. The Morgan fingerprint density at radius 1 is 1.30 bits per heavy atom. The predicted molar refractivity (Wildman–Crippen MR) is 82.0 cm³/mol. The Labute approximate surface area is 121 Å². The molecule has 0 aliphatic carbocycles. The molecular formula is C15H16N2O2S. The smallest absolute Gasteiger partial charge is 0.262 e. The molecule has 0 saturated heterocycles. The first-order valence-electron chi connectivity index (χ1n) is 6.17. The molecular weight excluding hydrogens is 272 g/mol. The Morgan fingerprint density at radius 2 is 1.95 bits per heavy atom. The van der Waals surface area contributed by atoms with Crippen LogP contribution in [0.15, 0.2) is 18.3 Å². The Kier molecular flexibility index (Phi) is 4.20. The Hall–Kier alpha value is -2.14. The van der Waals surface area contributed by atoms with E-state index in [1.54, 1.807) is 13.2 Å². The molecule has 2 N–H and O–H groups in total. The van der Waals surface area contributed by atoms with E-state index >= 15 is 0 Å². The van der Waals surface area contributed by atoms with Crippen molar-refractivity contribution in [1.29, 1.82) is 0 Å². The van der Waals surface area contributed by atoms with Gasteiger partial charge >= 0.3 is 0 Å². The highest BCUT2D eigenvalue weighted by molar-refractivity contribution is 7.14. The molecule has 2 aromatic rings. The first-order chi connectivity index (χ1) is 9.51. The molecule has 0 aliphatic heterocycles. The third kappa shape index (κ3) is 3.05. The van der Waals surface area contributed by atoms with Gasteiger partial charge in [-0.25, -0.2) is 4.98 Å². The van der Waals surface area contributed by atoms with Gasteiger partial charge in [-0.15, -0.1) is 11.3 Å². The van der Waals surface area contributed by atoms with Gasteiger partial charge in [0.1, 0.15) is 15.6 Å². The molecule has 0 fully saturated rings. The normalized spacial score (nSPS) is 10.9. The highest BCUT2D eigenvalue weighted by Crippen LogP contribution is 2.24. The van der Waals surface area contributed by atoms with Crippen LogP contribution in [0.25, 0.3) is 12.2 Å². The van der Waals surface area contributed by atoms with Crippen LogP contribution in [-0.4, -0.2) is 23.0 Å². The van der Waals surface area contributed by atoms with Crippen molar-refractivity contribution in [2.75, 3.05) is 7.05 Å². The lowest BCUT2D eigenvalue weighted by Gasteiger charge is -2.04. The van der Waals surface area contributed by atoms with Crippen molar-refractivity contribution in [2.24, 2.45) is 0 Å². The van der Waals surface area contributed by atoms with Crippen molar-refractivity contribution in [3.63, 3.8) is 0 Å². The zero-order valence-corrected chi connectivity index (χ0v) is 12.4. The molecule has 0 unspecified atom stereocenters. The summed E-state index contributed by atoms with van der Waals surface area (Å²) in [5.41, 5.74) is 2.68. The number of aryl methyl sites for hydroxylation is 2. The second-order valence-corrected chi connectivity index (χ2v) is 5.54. The second-order valence-electron chi connectivity index (χ2n) is 4.48. The molecule has 5 heteroatoms. The van der Waals surface area contributed by atoms with Crippen LogP contribution in [0.5, 0.6) is 5.75 Å². The Bertz CT molecular complexity index is 651. The SMILES string of the molecule is CNC(=O)c1cnc(/C=C/c2cc(C)c(O)c(C)c2)s1. The molecule has 0 bridgehead atoms. The van der Waals surface area contributed by atoms with Crippen LogP contribution < -0.4 is 5.32 Å². The van der Waals surface area contributed by atoms with Crippen molar-refractivity contribution in [3.8, 4) is 5.75 Å². The van der Waals surface area contributed by atoms with Crippen molar-refractivity contribution in [3.05, 3.63) is 44.9 Å². The molecule has 0 spiro atoms. The maximum Gasteiger partial charge on any atom is 0.262 e. The van der Waals surface area contributed by atoms with E-state index in [1.165, 1.54) is 11.3 Å². The van der Waals surface area contributed by atoms with Gasteiger partial charge in [-0.1, -0.05) is 6.08 Å². The third-order valence-corrected chi connectivity index (χ3v) is 3.87. The average molecular weight is 288 g/mol. The van der Waals surface area contributed by atoms with Crippen molar-refractivity contribution in [1.82, 2.24) is 10.3 Å². The van der Waals surface area contributed by atoms with Crippen molar-refractivity contribution < 1.29 is 9.90 Å². The molecule has 1 aromatic carbocycles. The van der Waals surface area contributed by atoms with Crippen molar-refractivity contribution in [2.45, 2.75) is 13.8 Å². The molecule has 0 radical (unpaired) electrons. The zero-order valence-electron chi connectivity index (χ0n) is 11.6. The number of phenolic OH excluding ortho intramolecular Hbond substituents is 1. The van der Waals surface area contributed by atoms with E-state index in [4.69, 9.17) is 0 Å². The molecule has 1 aromatic heterocycles. The van der Waals surface area contributed by atoms with Crippen LogP contribution in [0.1, 0.15) is 31.4 Å². The summed E-state index contributed by atoms with van der Waals surface area (Å²) in [6.45, 7) is 3.74. The van der Waals surface area contributed by atoms with Crippen LogP contribution in [0.3, 0.4) is 0 Å². The lowest BCUT2D eigenvalue weighted by Crippen LogP contribution is -2.16. The number of hydrogen-bond acceptors (Lipinski definition) is 4. The van der Waals surface area contributed by atoms with E-state index in [-0.39, 0.29) is 5.91 Å². The lowest BCUT2D eigenvalue weighted by molar-refractivity contribution is 0.0967. The highest BCUT2D eigenvalue weighted by atomic mass is 32.1. The predicted octanol–water partition coefficient (Wildman–Crippen LogP) is 3.00. The maximum absolute atomic E-state index is 11.4. The zero-order chi connectivity index (χ0) is 14.7. The van der Waals surface area contributed by atoms with E-state index in [1.807, 2.05) is 38.1 Å². The number of thiazole rings is 1. The third-order valence-electron chi connectivity index (χ3n) is 2.91. The van der Waals surface area contributed by atoms with Crippen LogP contribution in [-0.2, 0) is 0 Å². The molecule has 0 saturated carbocycles. The number of amides is 1. The summed E-state index contributed by atoms with van der Waals surface area (Å²) >= 11 is 1.34. The monoisotopic (exact) mass is 288 g/mol. The number of aromatic hydroxyl groups is 1. The van der Waals surface area contributed by atoms with Crippen LogP contribution >= 0.6 is 11.3 Å². The lowest BCUT2D eigenvalue weighted by atomic mass is 10.1. The molecule has 1 heterocycles. The van der Waals surface area contributed by atoms with Gasteiger partial charge in [-0.05, 0) is 48.7 Å². The first-order valence-corrected chi connectivity index (χ1v) is 6.99. The van der Waals surface area contributed by atoms with Gasteiger partial charge in [0.2, 0.25) is 0 Å². The van der Waals surface area contributed by atoms with Crippen LogP contribution in [0.2, 0.25) is 0 Å². The van der Waals surface area contributed by atoms with Crippen molar-refractivity contribution >= 4 is 29.4 Å². The minimum atomic E-state index is -0.126. The summed E-state index contributed by atoms with van der Waals surface area (Å²) in [4.78, 5) is 16.2. The highest BCUT2D eigenvalue weighted by Gasteiger charge is 2.07. The number of benzene rings is 1. The summed E-state index contributed by atoms with van der Waals surface area (Å²) in [5.74, 6) is 0.205. The second kappa shape index (κ2) is 5.88. The molecule has 104 valence electrons. The maximum atomic E-state index is 11.4. The van der Waals surface area contributed by atoms with Gasteiger partial charge in [-0.2, -0.15) is 0 Å². The molecule has 20 heavy (non-hydrogen) atoms. The topological polar surface area (TPSA) is 62.2 Å². The summed E-state index contributed by atoms with van der Waals surface area (Å²) in [6, 6.07) is 3.82. The fourth-order valence-corrected chi connectivity index (χ4v) is 2.61. The molecule has 0 atom stereocenters. The van der Waals surface area contributed by atoms with E-state index in [2.05, 4.69) is 10.3 Å². The molecule has 4 nitrogen and oxygen atoms in total. The average Bonchev–Trinajstić information content (AvgIpc) is 2.90. The summed E-state index contributed by atoms with van der Waals surface area (Å²) < 4.78 is 0. The van der Waals surface area contributed by atoms with E-state index in [0.29, 0.717) is 10.6 Å². The number of rotatable bonds is 3. The van der Waals surface area contributed by atoms with E-state index in [9.17, 15) is 9.90 Å². The van der Waals surface area contributed by atoms with Gasteiger partial charge in [0.15, 0.2) is 0 Å². The number of phenols is 1.